The predicted molar refractivity (Wildman–Crippen MR) is 80.9 cm³/mol. The number of carbonyl (C=O) groups is 1. The molecule has 0 saturated heterocycles. The van der Waals surface area contributed by atoms with E-state index in [9.17, 15) is 9.90 Å². The standard InChI is InChI=1S/C16H24N2O2/c1-11(2)18-15-6-4-3-5-14(15)16(20)17-10-12-7-8-13(19)9-12/h3-6,11-13,18-19H,7-10H2,1-2H3,(H,17,20). The Bertz CT molecular complexity index is 460. The molecule has 1 aliphatic carbocycles. The molecule has 0 heterocycles. The van der Waals surface area contributed by atoms with E-state index in [0.717, 1.165) is 24.9 Å². The maximum atomic E-state index is 12.3. The van der Waals surface area contributed by atoms with Crippen LogP contribution < -0.4 is 10.6 Å². The Kier molecular flexibility index (Phi) is 5.01. The predicted octanol–water partition coefficient (Wildman–Crippen LogP) is 2.40. The van der Waals surface area contributed by atoms with Crippen LogP contribution in [0.15, 0.2) is 24.3 Å². The van der Waals surface area contributed by atoms with Crippen LogP contribution >= 0.6 is 0 Å². The summed E-state index contributed by atoms with van der Waals surface area (Å²) in [6.07, 6.45) is 2.46. The molecule has 0 aromatic heterocycles. The first kappa shape index (κ1) is 14.9. The molecule has 4 nitrogen and oxygen atoms in total. The van der Waals surface area contributed by atoms with Crippen LogP contribution in [0.3, 0.4) is 0 Å². The van der Waals surface area contributed by atoms with Crippen LogP contribution in [0, 0.1) is 5.92 Å². The summed E-state index contributed by atoms with van der Waals surface area (Å²) in [5.74, 6) is 0.356. The summed E-state index contributed by atoms with van der Waals surface area (Å²) in [7, 11) is 0. The third-order valence-electron chi connectivity index (χ3n) is 3.68. The third-order valence-corrected chi connectivity index (χ3v) is 3.68. The van der Waals surface area contributed by atoms with E-state index in [1.165, 1.54) is 0 Å². The van der Waals surface area contributed by atoms with Gasteiger partial charge in [-0.3, -0.25) is 4.79 Å². The molecule has 2 unspecified atom stereocenters. The van der Waals surface area contributed by atoms with Crippen LogP contribution in [0.25, 0.3) is 0 Å². The number of aliphatic hydroxyl groups is 1. The molecule has 1 aromatic carbocycles. The highest BCUT2D eigenvalue weighted by molar-refractivity contribution is 5.99. The third kappa shape index (κ3) is 3.97. The molecule has 1 aliphatic rings. The minimum atomic E-state index is -0.188. The quantitative estimate of drug-likeness (QED) is 0.774. The van der Waals surface area contributed by atoms with Gasteiger partial charge in [-0.25, -0.2) is 0 Å². The molecule has 2 atom stereocenters. The normalized spacial score (nSPS) is 22.0. The molecule has 4 heteroatoms. The molecule has 0 radical (unpaired) electrons. The average molecular weight is 276 g/mol. The Labute approximate surface area is 120 Å². The van der Waals surface area contributed by atoms with Crippen molar-refractivity contribution in [2.75, 3.05) is 11.9 Å². The van der Waals surface area contributed by atoms with E-state index in [1.54, 1.807) is 0 Å². The smallest absolute Gasteiger partial charge is 0.253 e. The highest BCUT2D eigenvalue weighted by Gasteiger charge is 2.23. The Morgan fingerprint density at radius 2 is 2.10 bits per heavy atom. The minimum Gasteiger partial charge on any atom is -0.393 e. The van der Waals surface area contributed by atoms with E-state index in [1.807, 2.05) is 24.3 Å². The molecular weight excluding hydrogens is 252 g/mol. The Balaban J connectivity index is 1.95. The Morgan fingerprint density at radius 1 is 1.35 bits per heavy atom. The van der Waals surface area contributed by atoms with E-state index < -0.39 is 0 Å². The molecule has 2 rings (SSSR count). The van der Waals surface area contributed by atoms with E-state index in [0.29, 0.717) is 18.0 Å². The summed E-state index contributed by atoms with van der Waals surface area (Å²) < 4.78 is 0. The molecule has 1 fully saturated rings. The van der Waals surface area contributed by atoms with Gasteiger partial charge >= 0.3 is 0 Å². The van der Waals surface area contributed by atoms with Gasteiger partial charge in [-0.05, 0) is 51.2 Å². The lowest BCUT2D eigenvalue weighted by molar-refractivity contribution is 0.0946. The zero-order valence-corrected chi connectivity index (χ0v) is 12.2. The van der Waals surface area contributed by atoms with Crippen molar-refractivity contribution in [3.05, 3.63) is 29.8 Å². The second-order valence-electron chi connectivity index (χ2n) is 5.89. The maximum absolute atomic E-state index is 12.3. The SMILES string of the molecule is CC(C)Nc1ccccc1C(=O)NCC1CCC(O)C1. The molecule has 0 bridgehead atoms. The molecule has 3 N–H and O–H groups in total. The summed E-state index contributed by atoms with van der Waals surface area (Å²) in [6.45, 7) is 4.75. The van der Waals surface area contributed by atoms with Gasteiger partial charge < -0.3 is 15.7 Å². The van der Waals surface area contributed by atoms with E-state index in [2.05, 4.69) is 24.5 Å². The number of rotatable bonds is 5. The fourth-order valence-electron chi connectivity index (χ4n) is 2.68. The van der Waals surface area contributed by atoms with Gasteiger partial charge in [0.1, 0.15) is 0 Å². The number of aliphatic hydroxyl groups excluding tert-OH is 1. The molecular formula is C16H24N2O2. The number of para-hydroxylation sites is 1. The highest BCUT2D eigenvalue weighted by Crippen LogP contribution is 2.24. The lowest BCUT2D eigenvalue weighted by Gasteiger charge is -2.16. The van der Waals surface area contributed by atoms with Crippen LogP contribution in [-0.2, 0) is 0 Å². The highest BCUT2D eigenvalue weighted by atomic mass is 16.3. The number of carbonyl (C=O) groups excluding carboxylic acids is 1. The van der Waals surface area contributed by atoms with Crippen molar-refractivity contribution in [3.63, 3.8) is 0 Å². The number of amides is 1. The fourth-order valence-corrected chi connectivity index (χ4v) is 2.68. The maximum Gasteiger partial charge on any atom is 0.253 e. The first-order valence-electron chi connectivity index (χ1n) is 7.38. The molecule has 1 amide bonds. The van der Waals surface area contributed by atoms with Crippen molar-refractivity contribution < 1.29 is 9.90 Å². The summed E-state index contributed by atoms with van der Waals surface area (Å²) in [5.41, 5.74) is 1.55. The summed E-state index contributed by atoms with van der Waals surface area (Å²) in [5, 5.41) is 15.8. The number of anilines is 1. The van der Waals surface area contributed by atoms with Gasteiger partial charge in [0.25, 0.3) is 5.91 Å². The number of hydrogen-bond acceptors (Lipinski definition) is 3. The van der Waals surface area contributed by atoms with Crippen molar-refractivity contribution in [1.82, 2.24) is 5.32 Å². The van der Waals surface area contributed by atoms with Crippen molar-refractivity contribution in [2.24, 2.45) is 5.92 Å². The zero-order chi connectivity index (χ0) is 14.5. The lowest BCUT2D eigenvalue weighted by atomic mass is 10.1. The van der Waals surface area contributed by atoms with E-state index >= 15 is 0 Å². The monoisotopic (exact) mass is 276 g/mol. The molecule has 20 heavy (non-hydrogen) atoms. The largest absolute Gasteiger partial charge is 0.393 e. The second-order valence-corrected chi connectivity index (χ2v) is 5.89. The first-order valence-corrected chi connectivity index (χ1v) is 7.38. The zero-order valence-electron chi connectivity index (χ0n) is 12.2. The van der Waals surface area contributed by atoms with Crippen molar-refractivity contribution >= 4 is 11.6 Å². The van der Waals surface area contributed by atoms with Gasteiger partial charge in [0.15, 0.2) is 0 Å². The summed E-state index contributed by atoms with van der Waals surface area (Å²) >= 11 is 0. The van der Waals surface area contributed by atoms with Crippen LogP contribution in [0.4, 0.5) is 5.69 Å². The molecule has 1 aromatic rings. The number of benzene rings is 1. The van der Waals surface area contributed by atoms with Crippen molar-refractivity contribution in [2.45, 2.75) is 45.3 Å². The van der Waals surface area contributed by atoms with Crippen LogP contribution in [-0.4, -0.2) is 29.7 Å². The van der Waals surface area contributed by atoms with Crippen molar-refractivity contribution in [1.29, 1.82) is 0 Å². The lowest BCUT2D eigenvalue weighted by Crippen LogP contribution is -2.29. The van der Waals surface area contributed by atoms with Gasteiger partial charge in [-0.1, -0.05) is 12.1 Å². The minimum absolute atomic E-state index is 0.0462. The van der Waals surface area contributed by atoms with Crippen LogP contribution in [0.2, 0.25) is 0 Å². The Morgan fingerprint density at radius 3 is 2.75 bits per heavy atom. The van der Waals surface area contributed by atoms with Crippen LogP contribution in [0.1, 0.15) is 43.5 Å². The Hall–Kier alpha value is -1.55. The molecule has 0 spiro atoms. The summed E-state index contributed by atoms with van der Waals surface area (Å²) in [4.78, 5) is 12.3. The van der Waals surface area contributed by atoms with Gasteiger partial charge in [0.2, 0.25) is 0 Å². The number of hydrogen-bond donors (Lipinski definition) is 3. The van der Waals surface area contributed by atoms with Gasteiger partial charge in [-0.15, -0.1) is 0 Å². The first-order chi connectivity index (χ1) is 9.56. The van der Waals surface area contributed by atoms with Crippen molar-refractivity contribution in [3.8, 4) is 0 Å². The van der Waals surface area contributed by atoms with Gasteiger partial charge in [0.05, 0.1) is 11.7 Å². The second kappa shape index (κ2) is 6.75. The molecule has 1 saturated carbocycles. The van der Waals surface area contributed by atoms with Crippen LogP contribution in [0.5, 0.6) is 0 Å². The number of nitrogens with one attached hydrogen (secondary N) is 2. The molecule has 110 valence electrons. The van der Waals surface area contributed by atoms with Gasteiger partial charge in [0, 0.05) is 18.3 Å². The summed E-state index contributed by atoms with van der Waals surface area (Å²) in [6, 6.07) is 7.85. The molecule has 0 aliphatic heterocycles. The van der Waals surface area contributed by atoms with E-state index in [4.69, 9.17) is 0 Å². The average Bonchev–Trinajstić information content (AvgIpc) is 2.82. The topological polar surface area (TPSA) is 61.4 Å². The van der Waals surface area contributed by atoms with Gasteiger partial charge in [-0.2, -0.15) is 0 Å². The fraction of sp³-hybridized carbons (Fsp3) is 0.562. The van der Waals surface area contributed by atoms with E-state index in [-0.39, 0.29) is 18.1 Å².